The van der Waals surface area contributed by atoms with Crippen molar-refractivity contribution in [2.75, 3.05) is 26.2 Å². The minimum atomic E-state index is 0.763. The highest BCUT2D eigenvalue weighted by molar-refractivity contribution is 5.69. The van der Waals surface area contributed by atoms with Crippen LogP contribution in [0.2, 0.25) is 0 Å². The Morgan fingerprint density at radius 3 is 2.52 bits per heavy atom. The molecule has 5 rings (SSSR count). The number of fused-ring (bicyclic) bond motifs is 1. The zero-order valence-corrected chi connectivity index (χ0v) is 15.6. The zero-order valence-electron chi connectivity index (χ0n) is 15.6. The summed E-state index contributed by atoms with van der Waals surface area (Å²) in [5.74, 6) is 0. The Balaban J connectivity index is 1.32. The third kappa shape index (κ3) is 3.43. The van der Waals surface area contributed by atoms with Gasteiger partial charge in [-0.3, -0.25) is 14.9 Å². The number of benzene rings is 2. The standard InChI is InChI=1S/C23H26N4/c1-2-5-18(6-3-1)19-8-10-20(11-9-19)23-21(15-24-25-23)16-26-13-14-27-12-4-7-22(27)17-26/h1-3,5-6,8-11,15,22H,4,7,12-14,16-17H2,(H,24,25). The molecule has 27 heavy (non-hydrogen) atoms. The van der Waals surface area contributed by atoms with Gasteiger partial charge in [0.1, 0.15) is 0 Å². The van der Waals surface area contributed by atoms with Crippen LogP contribution in [-0.4, -0.2) is 52.2 Å². The molecule has 0 radical (unpaired) electrons. The van der Waals surface area contributed by atoms with Crippen molar-refractivity contribution in [1.82, 2.24) is 20.0 Å². The molecule has 0 bridgehead atoms. The summed E-state index contributed by atoms with van der Waals surface area (Å²) in [6, 6.07) is 20.1. The van der Waals surface area contributed by atoms with E-state index in [0.29, 0.717) is 0 Å². The lowest BCUT2D eigenvalue weighted by molar-refractivity contribution is 0.0995. The maximum atomic E-state index is 4.35. The molecule has 3 heterocycles. The van der Waals surface area contributed by atoms with Gasteiger partial charge in [-0.1, -0.05) is 54.6 Å². The number of piperazine rings is 1. The average molecular weight is 358 g/mol. The van der Waals surface area contributed by atoms with Crippen LogP contribution in [0.4, 0.5) is 0 Å². The molecule has 0 aliphatic carbocycles. The Morgan fingerprint density at radius 2 is 1.67 bits per heavy atom. The monoisotopic (exact) mass is 358 g/mol. The molecule has 4 heteroatoms. The van der Waals surface area contributed by atoms with E-state index in [2.05, 4.69) is 74.6 Å². The number of hydrogen-bond donors (Lipinski definition) is 1. The van der Waals surface area contributed by atoms with Crippen LogP contribution in [-0.2, 0) is 6.54 Å². The quantitative estimate of drug-likeness (QED) is 0.765. The molecule has 1 atom stereocenters. The first-order chi connectivity index (χ1) is 13.4. The molecular formula is C23H26N4. The predicted octanol–water partition coefficient (Wildman–Crippen LogP) is 4.02. The Morgan fingerprint density at radius 1 is 0.889 bits per heavy atom. The summed E-state index contributed by atoms with van der Waals surface area (Å²) in [5, 5.41) is 7.58. The lowest BCUT2D eigenvalue weighted by atomic mass is 10.0. The van der Waals surface area contributed by atoms with Crippen LogP contribution in [0.5, 0.6) is 0 Å². The first-order valence-corrected chi connectivity index (χ1v) is 10.0. The molecule has 1 unspecified atom stereocenters. The molecule has 1 N–H and O–H groups in total. The van der Waals surface area contributed by atoms with Crippen molar-refractivity contribution in [2.45, 2.75) is 25.4 Å². The molecule has 2 aliphatic heterocycles. The number of aromatic nitrogens is 2. The summed E-state index contributed by atoms with van der Waals surface area (Å²) < 4.78 is 0. The normalized spacial score (nSPS) is 20.7. The van der Waals surface area contributed by atoms with Gasteiger partial charge in [0, 0.05) is 37.8 Å². The van der Waals surface area contributed by atoms with Crippen molar-refractivity contribution in [3.63, 3.8) is 0 Å². The highest BCUT2D eigenvalue weighted by Gasteiger charge is 2.30. The molecule has 4 nitrogen and oxygen atoms in total. The maximum Gasteiger partial charge on any atom is 0.0695 e. The first kappa shape index (κ1) is 16.7. The Bertz CT molecular complexity index is 884. The van der Waals surface area contributed by atoms with Crippen molar-refractivity contribution in [3.05, 3.63) is 66.4 Å². The van der Waals surface area contributed by atoms with Crippen molar-refractivity contribution in [3.8, 4) is 22.4 Å². The smallest absolute Gasteiger partial charge is 0.0695 e. The Labute approximate surface area is 160 Å². The third-order valence-electron chi connectivity index (χ3n) is 6.06. The highest BCUT2D eigenvalue weighted by atomic mass is 15.3. The number of rotatable bonds is 4. The van der Waals surface area contributed by atoms with Crippen LogP contribution >= 0.6 is 0 Å². The SMILES string of the molecule is c1ccc(-c2ccc(-c3[nH]ncc3CN3CCN4CCCC4C3)cc2)cc1. The zero-order chi connectivity index (χ0) is 18.1. The van der Waals surface area contributed by atoms with Crippen molar-refractivity contribution in [1.29, 1.82) is 0 Å². The fourth-order valence-corrected chi connectivity index (χ4v) is 4.58. The number of nitrogens with zero attached hydrogens (tertiary/aromatic N) is 3. The number of aromatic amines is 1. The van der Waals surface area contributed by atoms with Crippen LogP contribution in [0.25, 0.3) is 22.4 Å². The minimum absolute atomic E-state index is 0.763. The van der Waals surface area contributed by atoms with Gasteiger partial charge in [-0.15, -0.1) is 0 Å². The van der Waals surface area contributed by atoms with Crippen LogP contribution < -0.4 is 0 Å². The third-order valence-corrected chi connectivity index (χ3v) is 6.06. The van der Waals surface area contributed by atoms with Gasteiger partial charge < -0.3 is 0 Å². The van der Waals surface area contributed by atoms with Gasteiger partial charge >= 0.3 is 0 Å². The second kappa shape index (κ2) is 7.29. The molecule has 2 aliphatic rings. The summed E-state index contributed by atoms with van der Waals surface area (Å²) in [5.41, 5.74) is 6.17. The fourth-order valence-electron chi connectivity index (χ4n) is 4.58. The van der Waals surface area contributed by atoms with Gasteiger partial charge in [0.15, 0.2) is 0 Å². The molecule has 138 valence electrons. The van der Waals surface area contributed by atoms with E-state index < -0.39 is 0 Å². The van der Waals surface area contributed by atoms with E-state index >= 15 is 0 Å². The summed E-state index contributed by atoms with van der Waals surface area (Å²) in [6.45, 7) is 5.84. The predicted molar refractivity (Wildman–Crippen MR) is 109 cm³/mol. The first-order valence-electron chi connectivity index (χ1n) is 10.0. The molecule has 2 aromatic carbocycles. The average Bonchev–Trinajstić information content (AvgIpc) is 3.38. The van der Waals surface area contributed by atoms with Crippen molar-refractivity contribution in [2.24, 2.45) is 0 Å². The number of H-pyrrole nitrogens is 1. The summed E-state index contributed by atoms with van der Waals surface area (Å²) in [7, 11) is 0. The van der Waals surface area contributed by atoms with Crippen LogP contribution in [0.1, 0.15) is 18.4 Å². The topological polar surface area (TPSA) is 35.2 Å². The molecule has 1 aromatic heterocycles. The van der Waals surface area contributed by atoms with Gasteiger partial charge in [-0.2, -0.15) is 5.10 Å². The molecule has 3 aromatic rings. The Hall–Kier alpha value is -2.43. The second-order valence-electron chi connectivity index (χ2n) is 7.78. The van der Waals surface area contributed by atoms with E-state index in [1.54, 1.807) is 0 Å². The lowest BCUT2D eigenvalue weighted by Gasteiger charge is -2.37. The Kier molecular flexibility index (Phi) is 4.52. The lowest BCUT2D eigenvalue weighted by Crippen LogP contribution is -2.49. The molecule has 2 saturated heterocycles. The molecule has 0 spiro atoms. The molecule has 0 saturated carbocycles. The van der Waals surface area contributed by atoms with Gasteiger partial charge in [-0.25, -0.2) is 0 Å². The van der Waals surface area contributed by atoms with Gasteiger partial charge in [-0.05, 0) is 36.1 Å². The van der Waals surface area contributed by atoms with E-state index in [1.807, 2.05) is 6.20 Å². The summed E-state index contributed by atoms with van der Waals surface area (Å²) >= 11 is 0. The number of nitrogens with one attached hydrogen (secondary N) is 1. The van der Waals surface area contributed by atoms with Crippen LogP contribution in [0.15, 0.2) is 60.8 Å². The van der Waals surface area contributed by atoms with E-state index in [-0.39, 0.29) is 0 Å². The fraction of sp³-hybridized carbons (Fsp3) is 0.348. The minimum Gasteiger partial charge on any atom is -0.298 e. The van der Waals surface area contributed by atoms with E-state index in [4.69, 9.17) is 0 Å². The molecule has 0 amide bonds. The van der Waals surface area contributed by atoms with Crippen LogP contribution in [0.3, 0.4) is 0 Å². The van der Waals surface area contributed by atoms with Gasteiger partial charge in [0.2, 0.25) is 0 Å². The summed E-state index contributed by atoms with van der Waals surface area (Å²) in [4.78, 5) is 5.26. The van der Waals surface area contributed by atoms with Gasteiger partial charge in [0.05, 0.1) is 11.9 Å². The van der Waals surface area contributed by atoms with E-state index in [9.17, 15) is 0 Å². The van der Waals surface area contributed by atoms with Crippen molar-refractivity contribution >= 4 is 0 Å². The maximum absolute atomic E-state index is 4.35. The van der Waals surface area contributed by atoms with E-state index in [0.717, 1.165) is 24.8 Å². The molecule has 2 fully saturated rings. The highest BCUT2D eigenvalue weighted by Crippen LogP contribution is 2.28. The van der Waals surface area contributed by atoms with Crippen molar-refractivity contribution < 1.29 is 0 Å². The van der Waals surface area contributed by atoms with Crippen LogP contribution in [0, 0.1) is 0 Å². The summed E-state index contributed by atoms with van der Waals surface area (Å²) in [6.07, 6.45) is 4.72. The molecular weight excluding hydrogens is 332 g/mol. The second-order valence-corrected chi connectivity index (χ2v) is 7.78. The largest absolute Gasteiger partial charge is 0.298 e. The number of hydrogen-bond acceptors (Lipinski definition) is 3. The van der Waals surface area contributed by atoms with E-state index in [1.165, 1.54) is 54.7 Å². The van der Waals surface area contributed by atoms with Gasteiger partial charge in [0.25, 0.3) is 0 Å².